The lowest BCUT2D eigenvalue weighted by Gasteiger charge is -2.32. The van der Waals surface area contributed by atoms with E-state index in [0.29, 0.717) is 5.57 Å². The Kier molecular flexibility index (Phi) is 4.82. The molecule has 0 spiro atoms. The predicted molar refractivity (Wildman–Crippen MR) is 88.8 cm³/mol. The van der Waals surface area contributed by atoms with E-state index in [-0.39, 0.29) is 18.4 Å². The quantitative estimate of drug-likeness (QED) is 0.847. The van der Waals surface area contributed by atoms with Crippen LogP contribution >= 0.6 is 0 Å². The minimum Gasteiger partial charge on any atom is -0.509 e. The van der Waals surface area contributed by atoms with Gasteiger partial charge in [-0.3, -0.25) is 4.79 Å². The highest BCUT2D eigenvalue weighted by Crippen LogP contribution is 2.40. The zero-order valence-electron chi connectivity index (χ0n) is 14.6. The van der Waals surface area contributed by atoms with Crippen LogP contribution in [-0.4, -0.2) is 41.6 Å². The maximum absolute atomic E-state index is 12.9. The lowest BCUT2D eigenvalue weighted by molar-refractivity contribution is -0.162. The van der Waals surface area contributed by atoms with Crippen molar-refractivity contribution in [3.8, 4) is 0 Å². The Morgan fingerprint density at radius 1 is 1.26 bits per heavy atom. The molecule has 0 saturated heterocycles. The van der Waals surface area contributed by atoms with Crippen molar-refractivity contribution in [1.82, 2.24) is 4.90 Å². The molecule has 0 aromatic heterocycles. The van der Waals surface area contributed by atoms with Gasteiger partial charge in [-0.25, -0.2) is 0 Å². The van der Waals surface area contributed by atoms with Crippen LogP contribution in [0.15, 0.2) is 24.0 Å². The van der Waals surface area contributed by atoms with Crippen molar-refractivity contribution in [3.63, 3.8) is 0 Å². The molecule has 5 heteroatoms. The molecule has 5 nitrogen and oxygen atoms in total. The molecule has 1 amide bonds. The second-order valence-corrected chi connectivity index (χ2v) is 6.38. The summed E-state index contributed by atoms with van der Waals surface area (Å²) in [5, 5.41) is 10.7. The number of methoxy groups -OCH3 is 1. The van der Waals surface area contributed by atoms with Gasteiger partial charge in [-0.1, -0.05) is 18.2 Å². The van der Waals surface area contributed by atoms with Crippen molar-refractivity contribution in [3.05, 3.63) is 40.6 Å². The first-order valence-electron chi connectivity index (χ1n) is 7.68. The third-order valence-electron chi connectivity index (χ3n) is 4.45. The predicted octanol–water partition coefficient (Wildman–Crippen LogP) is 3.16. The summed E-state index contributed by atoms with van der Waals surface area (Å²) in [7, 11) is 1.54. The molecule has 1 atom stereocenters. The monoisotopic (exact) mass is 319 g/mol. The van der Waals surface area contributed by atoms with Crippen LogP contribution in [0.2, 0.25) is 0 Å². The molecule has 0 saturated carbocycles. The summed E-state index contributed by atoms with van der Waals surface area (Å²) in [6.45, 7) is 9.31. The van der Waals surface area contributed by atoms with Crippen molar-refractivity contribution in [1.29, 1.82) is 0 Å². The standard InChI is InChI=1S/C18H25NO4/c1-11-8-7-9-12(2)14(11)15-16(20)18(4,5)19(17(15)21)10-23-13(3)22-6/h7-9,13,20H,10H2,1-6H3. The Balaban J connectivity index is 2.42. The number of carbonyl (C=O) groups is 1. The van der Waals surface area contributed by atoms with E-state index in [9.17, 15) is 9.90 Å². The molecule has 1 aliphatic heterocycles. The zero-order valence-corrected chi connectivity index (χ0v) is 14.6. The highest BCUT2D eigenvalue weighted by atomic mass is 16.7. The van der Waals surface area contributed by atoms with Crippen LogP contribution in [-0.2, 0) is 14.3 Å². The number of aliphatic hydroxyl groups excluding tert-OH is 1. The van der Waals surface area contributed by atoms with Gasteiger partial charge in [-0.15, -0.1) is 0 Å². The number of benzene rings is 1. The Bertz CT molecular complexity index is 628. The second kappa shape index (κ2) is 6.34. The van der Waals surface area contributed by atoms with Crippen LogP contribution in [0, 0.1) is 13.8 Å². The summed E-state index contributed by atoms with van der Waals surface area (Å²) in [6.07, 6.45) is -0.426. The van der Waals surface area contributed by atoms with Crippen LogP contribution in [0.3, 0.4) is 0 Å². The number of nitrogens with zero attached hydrogens (tertiary/aromatic N) is 1. The van der Waals surface area contributed by atoms with E-state index in [1.54, 1.807) is 14.0 Å². The summed E-state index contributed by atoms with van der Waals surface area (Å²) < 4.78 is 10.6. The minimum absolute atomic E-state index is 0.0549. The molecule has 0 bridgehead atoms. The van der Waals surface area contributed by atoms with E-state index in [1.807, 2.05) is 45.9 Å². The normalized spacial score (nSPS) is 18.7. The van der Waals surface area contributed by atoms with Gasteiger partial charge < -0.3 is 19.5 Å². The van der Waals surface area contributed by atoms with Gasteiger partial charge in [0.15, 0.2) is 6.29 Å². The molecule has 126 valence electrons. The lowest BCUT2D eigenvalue weighted by Crippen LogP contribution is -2.45. The van der Waals surface area contributed by atoms with E-state index in [0.717, 1.165) is 16.7 Å². The molecule has 23 heavy (non-hydrogen) atoms. The number of hydrogen-bond acceptors (Lipinski definition) is 4. The highest BCUT2D eigenvalue weighted by molar-refractivity contribution is 6.23. The summed E-state index contributed by atoms with van der Waals surface area (Å²) in [4.78, 5) is 14.5. The lowest BCUT2D eigenvalue weighted by atomic mass is 9.93. The molecule has 1 aliphatic rings. The van der Waals surface area contributed by atoms with Gasteiger partial charge in [-0.05, 0) is 51.3 Å². The topological polar surface area (TPSA) is 59.0 Å². The van der Waals surface area contributed by atoms with E-state index < -0.39 is 11.8 Å². The van der Waals surface area contributed by atoms with Crippen molar-refractivity contribution in [2.24, 2.45) is 0 Å². The number of hydrogen-bond donors (Lipinski definition) is 1. The molecule has 1 aromatic carbocycles. The average Bonchev–Trinajstić information content (AvgIpc) is 2.65. The molecule has 1 heterocycles. The van der Waals surface area contributed by atoms with Gasteiger partial charge in [0.25, 0.3) is 5.91 Å². The second-order valence-electron chi connectivity index (χ2n) is 6.38. The fourth-order valence-corrected chi connectivity index (χ4v) is 2.83. The molecule has 1 N–H and O–H groups in total. The number of rotatable bonds is 5. The summed E-state index contributed by atoms with van der Waals surface area (Å²) in [5.74, 6) is -0.151. The van der Waals surface area contributed by atoms with E-state index in [1.165, 1.54) is 4.90 Å². The summed E-state index contributed by atoms with van der Waals surface area (Å²) >= 11 is 0. The Labute approximate surface area is 137 Å². The van der Waals surface area contributed by atoms with E-state index in [4.69, 9.17) is 9.47 Å². The van der Waals surface area contributed by atoms with Crippen LogP contribution in [0.4, 0.5) is 0 Å². The third-order valence-corrected chi connectivity index (χ3v) is 4.45. The number of ether oxygens (including phenoxy) is 2. The summed E-state index contributed by atoms with van der Waals surface area (Å²) in [6, 6.07) is 5.82. The Morgan fingerprint density at radius 3 is 2.35 bits per heavy atom. The van der Waals surface area contributed by atoms with Gasteiger partial charge in [0, 0.05) is 7.11 Å². The van der Waals surface area contributed by atoms with Crippen LogP contribution < -0.4 is 0 Å². The van der Waals surface area contributed by atoms with Crippen molar-refractivity contribution in [2.75, 3.05) is 13.8 Å². The maximum atomic E-state index is 12.9. The maximum Gasteiger partial charge on any atom is 0.260 e. The first-order chi connectivity index (χ1) is 10.7. The molecule has 0 radical (unpaired) electrons. The van der Waals surface area contributed by atoms with Gasteiger partial charge >= 0.3 is 0 Å². The van der Waals surface area contributed by atoms with Gasteiger partial charge in [0.1, 0.15) is 12.5 Å². The SMILES string of the molecule is COC(C)OCN1C(=O)C(c2c(C)cccc2C)=C(O)C1(C)C. The fourth-order valence-electron chi connectivity index (χ4n) is 2.83. The van der Waals surface area contributed by atoms with Crippen LogP contribution in [0.1, 0.15) is 37.5 Å². The largest absolute Gasteiger partial charge is 0.509 e. The molecular weight excluding hydrogens is 294 g/mol. The first-order valence-corrected chi connectivity index (χ1v) is 7.68. The number of aryl methyl sites for hydroxylation is 2. The third kappa shape index (κ3) is 2.99. The van der Waals surface area contributed by atoms with Crippen LogP contribution in [0.25, 0.3) is 5.57 Å². The Hall–Kier alpha value is -1.85. The van der Waals surface area contributed by atoms with Crippen molar-refractivity contribution < 1.29 is 19.4 Å². The number of aliphatic hydroxyl groups is 1. The molecule has 2 rings (SSSR count). The summed E-state index contributed by atoms with van der Waals surface area (Å²) in [5.41, 5.74) is 2.26. The molecular formula is C18H25NO4. The van der Waals surface area contributed by atoms with Crippen molar-refractivity contribution >= 4 is 11.5 Å². The molecule has 0 aliphatic carbocycles. The number of amides is 1. The molecule has 1 unspecified atom stereocenters. The van der Waals surface area contributed by atoms with E-state index in [2.05, 4.69) is 0 Å². The smallest absolute Gasteiger partial charge is 0.260 e. The van der Waals surface area contributed by atoms with Gasteiger partial charge in [0.05, 0.1) is 11.1 Å². The fraction of sp³-hybridized carbons (Fsp3) is 0.500. The van der Waals surface area contributed by atoms with Gasteiger partial charge in [0.2, 0.25) is 0 Å². The minimum atomic E-state index is -0.825. The molecule has 1 aromatic rings. The zero-order chi connectivity index (χ0) is 17.4. The van der Waals surface area contributed by atoms with Crippen molar-refractivity contribution in [2.45, 2.75) is 46.4 Å². The Morgan fingerprint density at radius 2 is 1.83 bits per heavy atom. The molecule has 0 fully saturated rings. The van der Waals surface area contributed by atoms with Crippen LogP contribution in [0.5, 0.6) is 0 Å². The first kappa shape index (κ1) is 17.5. The highest BCUT2D eigenvalue weighted by Gasteiger charge is 2.46. The average molecular weight is 319 g/mol. The number of carbonyl (C=O) groups excluding carboxylic acids is 1. The van der Waals surface area contributed by atoms with Gasteiger partial charge in [-0.2, -0.15) is 0 Å². The van der Waals surface area contributed by atoms with E-state index >= 15 is 0 Å².